The summed E-state index contributed by atoms with van der Waals surface area (Å²) in [5, 5.41) is 1.47. The van der Waals surface area contributed by atoms with Crippen LogP contribution < -0.4 is 5.73 Å². The average molecular weight is 185 g/mol. The first-order valence-corrected chi connectivity index (χ1v) is 4.26. The number of anilines is 1. The largest absolute Gasteiger partial charge is 0.391 e. The second-order valence-electron chi connectivity index (χ2n) is 2.16. The Morgan fingerprint density at radius 3 is 3.09 bits per heavy atom. The molecule has 0 aromatic carbocycles. The van der Waals surface area contributed by atoms with Crippen molar-refractivity contribution in [2.75, 3.05) is 5.73 Å². The zero-order valence-corrected chi connectivity index (χ0v) is 7.12. The number of nitrogens with two attached hydrogens (primary N) is 1. The van der Waals surface area contributed by atoms with Crippen LogP contribution in [0.15, 0.2) is 18.3 Å². The minimum atomic E-state index is 0.719. The van der Waals surface area contributed by atoms with Crippen LogP contribution in [0.4, 0.5) is 5.00 Å². The molecule has 0 aliphatic heterocycles. The summed E-state index contributed by atoms with van der Waals surface area (Å²) in [5.41, 5.74) is 6.45. The summed E-state index contributed by atoms with van der Waals surface area (Å²) < 4.78 is 0.965. The average Bonchev–Trinajstić information content (AvgIpc) is 2.31. The first-order valence-electron chi connectivity index (χ1n) is 3.07. The fourth-order valence-corrected chi connectivity index (χ4v) is 1.98. The maximum atomic E-state index is 5.89. The van der Waals surface area contributed by atoms with E-state index in [1.807, 2.05) is 6.07 Å². The highest BCUT2D eigenvalue weighted by Gasteiger charge is 2.02. The zero-order chi connectivity index (χ0) is 7.84. The van der Waals surface area contributed by atoms with Gasteiger partial charge in [-0.05, 0) is 12.1 Å². The molecule has 0 saturated heterocycles. The molecule has 2 heterocycles. The molecule has 2 aromatic heterocycles. The molecular weight excluding hydrogens is 180 g/mol. The lowest BCUT2D eigenvalue weighted by molar-refractivity contribution is 1.43. The summed E-state index contributed by atoms with van der Waals surface area (Å²) in [4.78, 5) is 4.11. The first kappa shape index (κ1) is 6.88. The van der Waals surface area contributed by atoms with Crippen LogP contribution >= 0.6 is 22.9 Å². The smallest absolute Gasteiger partial charge is 0.0885 e. The number of pyridine rings is 1. The summed E-state index contributed by atoms with van der Waals surface area (Å²) in [6.45, 7) is 0. The van der Waals surface area contributed by atoms with E-state index >= 15 is 0 Å². The molecule has 2 aromatic rings. The molecule has 4 heteroatoms. The van der Waals surface area contributed by atoms with E-state index in [2.05, 4.69) is 4.98 Å². The van der Waals surface area contributed by atoms with Crippen molar-refractivity contribution in [3.05, 3.63) is 23.4 Å². The van der Waals surface area contributed by atoms with Crippen LogP contribution in [0.3, 0.4) is 0 Å². The molecule has 0 bridgehead atoms. The zero-order valence-electron chi connectivity index (χ0n) is 5.54. The quantitative estimate of drug-likeness (QED) is 0.684. The Labute approximate surface area is 72.6 Å². The van der Waals surface area contributed by atoms with E-state index in [9.17, 15) is 0 Å². The second kappa shape index (κ2) is 2.36. The van der Waals surface area contributed by atoms with Gasteiger partial charge in [-0.1, -0.05) is 11.6 Å². The minimum Gasteiger partial charge on any atom is -0.391 e. The van der Waals surface area contributed by atoms with Crippen molar-refractivity contribution in [1.29, 1.82) is 0 Å². The third-order valence-corrected chi connectivity index (χ3v) is 2.80. The Bertz CT molecular complexity index is 396. The predicted molar refractivity (Wildman–Crippen MR) is 49.0 cm³/mol. The second-order valence-corrected chi connectivity index (χ2v) is 3.65. The molecule has 2 rings (SSSR count). The van der Waals surface area contributed by atoms with E-state index < -0.39 is 0 Å². The Morgan fingerprint density at radius 2 is 2.36 bits per heavy atom. The van der Waals surface area contributed by atoms with Crippen LogP contribution in [0.1, 0.15) is 0 Å². The standard InChI is InChI=1S/C7H5ClN2S/c8-4-1-2-10-5-3-6(9)11-7(4)5/h1-3H,9H2. The van der Waals surface area contributed by atoms with Gasteiger partial charge in [-0.3, -0.25) is 4.98 Å². The van der Waals surface area contributed by atoms with Crippen LogP contribution in [-0.2, 0) is 0 Å². The van der Waals surface area contributed by atoms with Gasteiger partial charge in [-0.2, -0.15) is 0 Å². The van der Waals surface area contributed by atoms with Gasteiger partial charge in [0.1, 0.15) is 0 Å². The van der Waals surface area contributed by atoms with Crippen molar-refractivity contribution in [2.45, 2.75) is 0 Å². The summed E-state index contributed by atoms with van der Waals surface area (Å²) in [7, 11) is 0. The van der Waals surface area contributed by atoms with E-state index in [1.165, 1.54) is 11.3 Å². The molecule has 0 radical (unpaired) electrons. The molecule has 0 fully saturated rings. The number of thiophene rings is 1. The third kappa shape index (κ3) is 1.06. The van der Waals surface area contributed by atoms with Crippen LogP contribution in [0.2, 0.25) is 5.02 Å². The summed E-state index contributed by atoms with van der Waals surface area (Å²) in [6.07, 6.45) is 1.68. The van der Waals surface area contributed by atoms with Gasteiger partial charge >= 0.3 is 0 Å². The van der Waals surface area contributed by atoms with Gasteiger partial charge in [-0.15, -0.1) is 11.3 Å². The van der Waals surface area contributed by atoms with E-state index in [1.54, 1.807) is 12.3 Å². The Balaban J connectivity index is 2.90. The maximum absolute atomic E-state index is 5.89. The number of fused-ring (bicyclic) bond motifs is 1. The maximum Gasteiger partial charge on any atom is 0.0885 e. The molecule has 0 spiro atoms. The van der Waals surface area contributed by atoms with Crippen molar-refractivity contribution in [3.63, 3.8) is 0 Å². The Morgan fingerprint density at radius 1 is 1.55 bits per heavy atom. The van der Waals surface area contributed by atoms with E-state index in [0.717, 1.165) is 20.2 Å². The lowest BCUT2D eigenvalue weighted by atomic mass is 10.4. The van der Waals surface area contributed by atoms with Crippen LogP contribution in [0.25, 0.3) is 10.2 Å². The molecule has 0 unspecified atom stereocenters. The highest BCUT2D eigenvalue weighted by atomic mass is 35.5. The molecule has 0 saturated carbocycles. The number of nitrogens with zero attached hydrogens (tertiary/aromatic N) is 1. The number of hydrogen-bond donors (Lipinski definition) is 1. The summed E-state index contributed by atoms with van der Waals surface area (Å²) >= 11 is 7.35. The Kier molecular flexibility index (Phi) is 1.47. The molecule has 2 N–H and O–H groups in total. The Hall–Kier alpha value is -0.800. The lowest BCUT2D eigenvalue weighted by Crippen LogP contribution is -1.73. The SMILES string of the molecule is Nc1cc2nccc(Cl)c2s1. The van der Waals surface area contributed by atoms with Crippen molar-refractivity contribution < 1.29 is 0 Å². The lowest BCUT2D eigenvalue weighted by Gasteiger charge is -1.88. The van der Waals surface area contributed by atoms with Gasteiger partial charge in [0.15, 0.2) is 0 Å². The summed E-state index contributed by atoms with van der Waals surface area (Å²) in [6, 6.07) is 3.59. The van der Waals surface area contributed by atoms with Gasteiger partial charge < -0.3 is 5.73 Å². The molecule has 0 amide bonds. The topological polar surface area (TPSA) is 38.9 Å². The molecule has 56 valence electrons. The van der Waals surface area contributed by atoms with Crippen molar-refractivity contribution >= 4 is 38.2 Å². The fourth-order valence-electron chi connectivity index (χ4n) is 0.926. The third-order valence-electron chi connectivity index (χ3n) is 1.38. The summed E-state index contributed by atoms with van der Waals surface area (Å²) in [5.74, 6) is 0. The molecule has 11 heavy (non-hydrogen) atoms. The minimum absolute atomic E-state index is 0.719. The van der Waals surface area contributed by atoms with Crippen LogP contribution in [0.5, 0.6) is 0 Å². The van der Waals surface area contributed by atoms with E-state index in [0.29, 0.717) is 0 Å². The predicted octanol–water partition coefficient (Wildman–Crippen LogP) is 2.53. The van der Waals surface area contributed by atoms with Gasteiger partial charge in [0, 0.05) is 6.20 Å². The van der Waals surface area contributed by atoms with Crippen molar-refractivity contribution in [1.82, 2.24) is 4.98 Å². The van der Waals surface area contributed by atoms with Gasteiger partial charge in [0.2, 0.25) is 0 Å². The van der Waals surface area contributed by atoms with Crippen molar-refractivity contribution in [2.24, 2.45) is 0 Å². The van der Waals surface area contributed by atoms with E-state index in [4.69, 9.17) is 17.3 Å². The highest BCUT2D eigenvalue weighted by Crippen LogP contribution is 2.31. The van der Waals surface area contributed by atoms with Crippen molar-refractivity contribution in [3.8, 4) is 0 Å². The van der Waals surface area contributed by atoms with Gasteiger partial charge in [0.25, 0.3) is 0 Å². The number of hydrogen-bond acceptors (Lipinski definition) is 3. The van der Waals surface area contributed by atoms with Crippen LogP contribution in [-0.4, -0.2) is 4.98 Å². The number of aromatic nitrogens is 1. The number of rotatable bonds is 0. The number of halogens is 1. The molecule has 0 aliphatic carbocycles. The number of nitrogen functional groups attached to an aromatic ring is 1. The fraction of sp³-hybridized carbons (Fsp3) is 0. The molecule has 2 nitrogen and oxygen atoms in total. The first-order chi connectivity index (χ1) is 5.27. The highest BCUT2D eigenvalue weighted by molar-refractivity contribution is 7.23. The van der Waals surface area contributed by atoms with Crippen LogP contribution in [0, 0.1) is 0 Å². The van der Waals surface area contributed by atoms with E-state index in [-0.39, 0.29) is 0 Å². The van der Waals surface area contributed by atoms with Gasteiger partial charge in [-0.25, -0.2) is 0 Å². The molecular formula is C7H5ClN2S. The molecule has 0 atom stereocenters. The molecule has 0 aliphatic rings. The van der Waals surface area contributed by atoms with Gasteiger partial charge in [0.05, 0.1) is 20.2 Å². The monoisotopic (exact) mass is 184 g/mol. The normalized spacial score (nSPS) is 10.6.